The highest BCUT2D eigenvalue weighted by molar-refractivity contribution is 6.03. The molecule has 1 saturated heterocycles. The van der Waals surface area contributed by atoms with Crippen LogP contribution in [-0.2, 0) is 11.3 Å². The van der Waals surface area contributed by atoms with Crippen LogP contribution in [0.1, 0.15) is 22.3 Å². The fourth-order valence-electron chi connectivity index (χ4n) is 4.45. The maximum Gasteiger partial charge on any atom is 0.243 e. The Kier molecular flexibility index (Phi) is 8.23. The Morgan fingerprint density at radius 2 is 1.97 bits per heavy atom. The van der Waals surface area contributed by atoms with Crippen molar-refractivity contribution in [3.63, 3.8) is 0 Å². The molecule has 1 aliphatic heterocycles. The van der Waals surface area contributed by atoms with Crippen molar-refractivity contribution in [2.24, 2.45) is 0 Å². The molecule has 35 heavy (non-hydrogen) atoms. The van der Waals surface area contributed by atoms with Crippen LogP contribution in [0.3, 0.4) is 0 Å². The summed E-state index contributed by atoms with van der Waals surface area (Å²) in [5.41, 5.74) is 5.20. The molecule has 182 valence electrons. The van der Waals surface area contributed by atoms with Gasteiger partial charge in [-0.05, 0) is 48.4 Å². The van der Waals surface area contributed by atoms with Gasteiger partial charge in [-0.3, -0.25) is 14.6 Å². The first-order chi connectivity index (χ1) is 17.1. The van der Waals surface area contributed by atoms with Crippen LogP contribution in [0.15, 0.2) is 61.3 Å². The summed E-state index contributed by atoms with van der Waals surface area (Å²) in [7, 11) is 2.10. The average molecular weight is 472 g/mol. The third-order valence-electron chi connectivity index (χ3n) is 6.55. The summed E-state index contributed by atoms with van der Waals surface area (Å²) in [6, 6.07) is 13.9. The van der Waals surface area contributed by atoms with Crippen molar-refractivity contribution in [2.75, 3.05) is 51.2 Å². The van der Waals surface area contributed by atoms with Gasteiger partial charge in [0.05, 0.1) is 5.52 Å². The number of fused-ring (bicyclic) bond motifs is 1. The molecular weight excluding hydrogens is 438 g/mol. The molecule has 0 spiro atoms. The van der Waals surface area contributed by atoms with Crippen molar-refractivity contribution in [3.8, 4) is 11.1 Å². The number of nitrogens with one attached hydrogen (secondary N) is 2. The zero-order chi connectivity index (χ0) is 24.6. The summed E-state index contributed by atoms with van der Waals surface area (Å²) in [6.07, 6.45) is 5.03. The highest BCUT2D eigenvalue weighted by atomic mass is 16.1. The number of benzene rings is 2. The van der Waals surface area contributed by atoms with E-state index in [2.05, 4.69) is 51.2 Å². The van der Waals surface area contributed by atoms with Gasteiger partial charge < -0.3 is 20.4 Å². The molecule has 0 aliphatic carbocycles. The number of hydrogen-bond donors (Lipinski definition) is 2. The number of hydrogen-bond acceptors (Lipinski definition) is 6. The van der Waals surface area contributed by atoms with Gasteiger partial charge in [-0.15, -0.1) is 0 Å². The Bertz CT molecular complexity index is 1190. The van der Waals surface area contributed by atoms with Crippen LogP contribution < -0.4 is 15.5 Å². The number of pyridine rings is 1. The van der Waals surface area contributed by atoms with Crippen LogP contribution in [-0.4, -0.2) is 68.4 Å². The van der Waals surface area contributed by atoms with Crippen molar-refractivity contribution in [2.45, 2.75) is 13.0 Å². The zero-order valence-corrected chi connectivity index (χ0v) is 20.3. The van der Waals surface area contributed by atoms with E-state index in [0.717, 1.165) is 85.3 Å². The van der Waals surface area contributed by atoms with Crippen LogP contribution in [0.2, 0.25) is 0 Å². The Morgan fingerprint density at radius 1 is 1.20 bits per heavy atom. The summed E-state index contributed by atoms with van der Waals surface area (Å²) in [4.78, 5) is 33.0. The van der Waals surface area contributed by atoms with Gasteiger partial charge in [-0.2, -0.15) is 0 Å². The monoisotopic (exact) mass is 471 g/mol. The molecule has 1 aliphatic rings. The zero-order valence-electron chi connectivity index (χ0n) is 20.3. The fourth-order valence-corrected chi connectivity index (χ4v) is 4.45. The predicted molar refractivity (Wildman–Crippen MR) is 142 cm³/mol. The number of carbonyl (C=O) groups excluding carboxylic acids is 2. The van der Waals surface area contributed by atoms with Crippen molar-refractivity contribution in [1.82, 2.24) is 20.5 Å². The van der Waals surface area contributed by atoms with E-state index in [-0.39, 0.29) is 5.91 Å². The lowest BCUT2D eigenvalue weighted by molar-refractivity contribution is -0.116. The van der Waals surface area contributed by atoms with E-state index in [9.17, 15) is 9.59 Å². The molecule has 0 atom stereocenters. The minimum absolute atomic E-state index is 0.208. The first-order valence-electron chi connectivity index (χ1n) is 12.1. The second-order valence-electron chi connectivity index (χ2n) is 8.89. The van der Waals surface area contributed by atoms with E-state index in [1.165, 1.54) is 6.08 Å². The topological polar surface area (TPSA) is 77.6 Å². The molecule has 0 saturated carbocycles. The van der Waals surface area contributed by atoms with Gasteiger partial charge in [0, 0.05) is 74.7 Å². The van der Waals surface area contributed by atoms with E-state index in [4.69, 9.17) is 0 Å². The Hall–Kier alpha value is -3.55. The number of carbonyl (C=O) groups is 2. The average Bonchev–Trinajstić information content (AvgIpc) is 2.91. The quantitative estimate of drug-likeness (QED) is 0.349. The molecule has 4 rings (SSSR count). The van der Waals surface area contributed by atoms with Crippen LogP contribution >= 0.6 is 0 Å². The SMILES string of the molecule is C=CC(=O)NCc1ccc(-c2cnc3ccc(N(C)CCCN4CCNCC4)cc3c2C=O)cc1. The van der Waals surface area contributed by atoms with Crippen LogP contribution in [0.5, 0.6) is 0 Å². The Labute approximate surface area is 206 Å². The van der Waals surface area contributed by atoms with Crippen LogP contribution in [0.25, 0.3) is 22.0 Å². The van der Waals surface area contributed by atoms with Gasteiger partial charge in [-0.1, -0.05) is 30.8 Å². The summed E-state index contributed by atoms with van der Waals surface area (Å²) < 4.78 is 0. The summed E-state index contributed by atoms with van der Waals surface area (Å²) in [5.74, 6) is -0.208. The predicted octanol–water partition coefficient (Wildman–Crippen LogP) is 3.25. The van der Waals surface area contributed by atoms with E-state index >= 15 is 0 Å². The van der Waals surface area contributed by atoms with Gasteiger partial charge in [-0.25, -0.2) is 0 Å². The maximum atomic E-state index is 12.2. The maximum absolute atomic E-state index is 12.2. The molecule has 3 aromatic rings. The van der Waals surface area contributed by atoms with Crippen molar-refractivity contribution in [3.05, 3.63) is 72.4 Å². The van der Waals surface area contributed by atoms with Gasteiger partial charge in [0.1, 0.15) is 0 Å². The van der Waals surface area contributed by atoms with Gasteiger partial charge in [0.2, 0.25) is 5.91 Å². The van der Waals surface area contributed by atoms with Gasteiger partial charge >= 0.3 is 0 Å². The molecule has 7 nitrogen and oxygen atoms in total. The number of rotatable bonds is 10. The molecular formula is C28H33N5O2. The minimum Gasteiger partial charge on any atom is -0.375 e. The molecule has 0 bridgehead atoms. The standard InChI is InChI=1S/C28H33N5O2/c1-3-28(35)31-18-21-5-7-22(8-6-21)25-19-30-27-10-9-23(17-24(27)26(25)20-34)32(2)13-4-14-33-15-11-29-12-16-33/h3,5-10,17,19-20,29H,1,4,11-16,18H2,2H3,(H,31,35). The number of aromatic nitrogens is 1. The number of anilines is 1. The smallest absolute Gasteiger partial charge is 0.243 e. The molecule has 2 aromatic carbocycles. The van der Waals surface area contributed by atoms with Crippen molar-refractivity contribution >= 4 is 28.8 Å². The summed E-state index contributed by atoms with van der Waals surface area (Å²) in [5, 5.41) is 7.02. The summed E-state index contributed by atoms with van der Waals surface area (Å²) in [6.45, 7) is 10.3. The minimum atomic E-state index is -0.208. The number of piperazine rings is 1. The third-order valence-corrected chi connectivity index (χ3v) is 6.55. The van der Waals surface area contributed by atoms with Crippen molar-refractivity contribution in [1.29, 1.82) is 0 Å². The first-order valence-corrected chi connectivity index (χ1v) is 12.1. The highest BCUT2D eigenvalue weighted by Gasteiger charge is 2.13. The third kappa shape index (κ3) is 6.12. The Morgan fingerprint density at radius 3 is 2.69 bits per heavy atom. The van der Waals surface area contributed by atoms with Crippen LogP contribution in [0.4, 0.5) is 5.69 Å². The Balaban J connectivity index is 1.51. The lowest BCUT2D eigenvalue weighted by Gasteiger charge is -2.28. The fraction of sp³-hybridized carbons (Fsp3) is 0.321. The second kappa shape index (κ2) is 11.7. The highest BCUT2D eigenvalue weighted by Crippen LogP contribution is 2.30. The van der Waals surface area contributed by atoms with Gasteiger partial charge in [0.15, 0.2) is 6.29 Å². The first kappa shape index (κ1) is 24.6. The van der Waals surface area contributed by atoms with E-state index < -0.39 is 0 Å². The van der Waals surface area contributed by atoms with E-state index in [1.807, 2.05) is 30.3 Å². The molecule has 2 heterocycles. The molecule has 0 unspecified atom stereocenters. The summed E-state index contributed by atoms with van der Waals surface area (Å²) >= 11 is 0. The van der Waals surface area contributed by atoms with Gasteiger partial charge in [0.25, 0.3) is 0 Å². The lowest BCUT2D eigenvalue weighted by Crippen LogP contribution is -2.44. The van der Waals surface area contributed by atoms with Crippen molar-refractivity contribution < 1.29 is 9.59 Å². The molecule has 2 N–H and O–H groups in total. The number of nitrogens with zero attached hydrogens (tertiary/aromatic N) is 3. The normalized spacial score (nSPS) is 14.0. The largest absolute Gasteiger partial charge is 0.375 e. The van der Waals surface area contributed by atoms with E-state index in [0.29, 0.717) is 12.1 Å². The lowest BCUT2D eigenvalue weighted by atomic mass is 9.97. The molecule has 0 radical (unpaired) electrons. The van der Waals surface area contributed by atoms with E-state index in [1.54, 1.807) is 6.20 Å². The second-order valence-corrected chi connectivity index (χ2v) is 8.89. The molecule has 1 fully saturated rings. The molecule has 1 aromatic heterocycles. The molecule has 1 amide bonds. The number of aldehydes is 1. The molecule has 7 heteroatoms. The van der Waals surface area contributed by atoms with Crippen LogP contribution in [0, 0.1) is 0 Å². The number of amides is 1.